The molecule has 1 aromatic heterocycles. The number of thiazole rings is 1. The Morgan fingerprint density at radius 1 is 1.39 bits per heavy atom. The van der Waals surface area contributed by atoms with E-state index in [2.05, 4.69) is 28.8 Å². The molecular weight excluding hydrogens is 246 g/mol. The molecule has 0 saturated carbocycles. The minimum Gasteiger partial charge on any atom is -0.391 e. The molecule has 0 spiro atoms. The average Bonchev–Trinajstić information content (AvgIpc) is 3.04. The molecule has 1 N–H and O–H groups in total. The van der Waals surface area contributed by atoms with Gasteiger partial charge in [0.1, 0.15) is 0 Å². The third-order valence-corrected chi connectivity index (χ3v) is 4.72. The van der Waals surface area contributed by atoms with Crippen LogP contribution in [0.4, 0.5) is 5.13 Å². The number of aliphatic hydroxyl groups is 1. The summed E-state index contributed by atoms with van der Waals surface area (Å²) in [5.41, 5.74) is 1.05. The van der Waals surface area contributed by atoms with Crippen LogP contribution in [0.2, 0.25) is 0 Å². The summed E-state index contributed by atoms with van der Waals surface area (Å²) in [6, 6.07) is 0. The Balaban J connectivity index is 1.90. The van der Waals surface area contributed by atoms with Crippen LogP contribution in [0.1, 0.15) is 30.3 Å². The molecule has 0 atom stereocenters. The smallest absolute Gasteiger partial charge is 0.185 e. The minimum absolute atomic E-state index is 0.112. The second kappa shape index (κ2) is 6.50. The van der Waals surface area contributed by atoms with E-state index in [4.69, 9.17) is 0 Å². The third kappa shape index (κ3) is 3.22. The molecule has 1 fully saturated rings. The van der Waals surface area contributed by atoms with Gasteiger partial charge >= 0.3 is 0 Å². The molecule has 0 aromatic carbocycles. The van der Waals surface area contributed by atoms with E-state index in [1.54, 1.807) is 11.3 Å². The number of likely N-dealkylation sites (tertiary alicyclic amines) is 1. The van der Waals surface area contributed by atoms with E-state index >= 15 is 0 Å². The summed E-state index contributed by atoms with van der Waals surface area (Å²) < 4.78 is 0. The molecule has 102 valence electrons. The van der Waals surface area contributed by atoms with E-state index < -0.39 is 0 Å². The van der Waals surface area contributed by atoms with Crippen LogP contribution in [-0.4, -0.2) is 48.2 Å². The Hall–Kier alpha value is -0.650. The standard InChI is InChI=1S/C13H23N3OS/c1-3-11-12(10-17)18-13(14-11)15(2)8-9-16-6-4-5-7-16/h17H,3-10H2,1-2H3. The summed E-state index contributed by atoms with van der Waals surface area (Å²) in [6.45, 7) is 6.82. The van der Waals surface area contributed by atoms with Crippen molar-refractivity contribution in [3.8, 4) is 0 Å². The first-order valence-corrected chi connectivity index (χ1v) is 7.59. The summed E-state index contributed by atoms with van der Waals surface area (Å²) in [7, 11) is 2.09. The molecule has 1 aliphatic rings. The average molecular weight is 269 g/mol. The highest BCUT2D eigenvalue weighted by Gasteiger charge is 2.15. The van der Waals surface area contributed by atoms with Crippen LogP contribution in [0.15, 0.2) is 0 Å². The topological polar surface area (TPSA) is 39.6 Å². The fraction of sp³-hybridized carbons (Fsp3) is 0.769. The highest BCUT2D eigenvalue weighted by atomic mass is 32.1. The Bertz CT molecular complexity index is 353. The Labute approximate surface area is 113 Å². The predicted molar refractivity (Wildman–Crippen MR) is 76.4 cm³/mol. The maximum Gasteiger partial charge on any atom is 0.185 e. The lowest BCUT2D eigenvalue weighted by Gasteiger charge is -2.20. The van der Waals surface area contributed by atoms with Crippen LogP contribution < -0.4 is 4.90 Å². The van der Waals surface area contributed by atoms with Crippen molar-refractivity contribution in [2.45, 2.75) is 32.8 Å². The van der Waals surface area contributed by atoms with E-state index in [9.17, 15) is 5.11 Å². The zero-order valence-electron chi connectivity index (χ0n) is 11.4. The van der Waals surface area contributed by atoms with Crippen molar-refractivity contribution in [2.24, 2.45) is 0 Å². The number of hydrogen-bond acceptors (Lipinski definition) is 5. The van der Waals surface area contributed by atoms with E-state index in [1.165, 1.54) is 25.9 Å². The first kappa shape index (κ1) is 13.8. The van der Waals surface area contributed by atoms with Crippen LogP contribution in [0.3, 0.4) is 0 Å². The van der Waals surface area contributed by atoms with Crippen LogP contribution >= 0.6 is 11.3 Å². The molecule has 4 nitrogen and oxygen atoms in total. The van der Waals surface area contributed by atoms with E-state index in [0.29, 0.717) is 0 Å². The quantitative estimate of drug-likeness (QED) is 0.854. The van der Waals surface area contributed by atoms with Crippen molar-refractivity contribution in [3.05, 3.63) is 10.6 Å². The molecule has 0 aliphatic carbocycles. The summed E-state index contributed by atoms with van der Waals surface area (Å²) in [5, 5.41) is 10.3. The van der Waals surface area contributed by atoms with Gasteiger partial charge in [0.15, 0.2) is 5.13 Å². The first-order chi connectivity index (χ1) is 8.74. The number of rotatable bonds is 6. The van der Waals surface area contributed by atoms with Gasteiger partial charge in [0.25, 0.3) is 0 Å². The minimum atomic E-state index is 0.112. The molecule has 2 heterocycles. The molecule has 2 rings (SSSR count). The number of likely N-dealkylation sites (N-methyl/N-ethyl adjacent to an activating group) is 1. The van der Waals surface area contributed by atoms with Gasteiger partial charge in [0, 0.05) is 20.1 Å². The molecular formula is C13H23N3OS. The number of aryl methyl sites for hydroxylation is 1. The predicted octanol–water partition coefficient (Wildman–Crippen LogP) is 1.73. The molecule has 0 bridgehead atoms. The Kier molecular flexibility index (Phi) is 4.97. The van der Waals surface area contributed by atoms with Crippen LogP contribution in [-0.2, 0) is 13.0 Å². The SMILES string of the molecule is CCc1nc(N(C)CCN2CCCC2)sc1CO. The van der Waals surface area contributed by atoms with Gasteiger partial charge in [-0.15, -0.1) is 0 Å². The zero-order valence-corrected chi connectivity index (χ0v) is 12.2. The van der Waals surface area contributed by atoms with Crippen molar-refractivity contribution >= 4 is 16.5 Å². The fourth-order valence-corrected chi connectivity index (χ4v) is 3.32. The van der Waals surface area contributed by atoms with Crippen LogP contribution in [0, 0.1) is 0 Å². The molecule has 0 radical (unpaired) electrons. The number of aromatic nitrogens is 1. The zero-order chi connectivity index (χ0) is 13.0. The van der Waals surface area contributed by atoms with Gasteiger partial charge in [-0.05, 0) is 32.4 Å². The van der Waals surface area contributed by atoms with E-state index in [1.807, 2.05) is 0 Å². The molecule has 1 saturated heterocycles. The maximum absolute atomic E-state index is 9.29. The number of anilines is 1. The fourth-order valence-electron chi connectivity index (χ4n) is 2.33. The van der Waals surface area contributed by atoms with Gasteiger partial charge in [-0.25, -0.2) is 4.98 Å². The molecule has 5 heteroatoms. The molecule has 0 unspecified atom stereocenters. The van der Waals surface area contributed by atoms with E-state index in [-0.39, 0.29) is 6.61 Å². The van der Waals surface area contributed by atoms with Gasteiger partial charge in [-0.1, -0.05) is 18.3 Å². The van der Waals surface area contributed by atoms with Crippen molar-refractivity contribution in [3.63, 3.8) is 0 Å². The second-order valence-electron chi connectivity index (χ2n) is 4.85. The Morgan fingerprint density at radius 2 is 2.11 bits per heavy atom. The van der Waals surface area contributed by atoms with Crippen molar-refractivity contribution in [2.75, 3.05) is 38.1 Å². The molecule has 1 aromatic rings. The summed E-state index contributed by atoms with van der Waals surface area (Å²) in [4.78, 5) is 10.3. The lowest BCUT2D eigenvalue weighted by molar-refractivity contribution is 0.284. The van der Waals surface area contributed by atoms with Crippen molar-refractivity contribution < 1.29 is 5.11 Å². The number of nitrogens with zero attached hydrogens (tertiary/aromatic N) is 3. The number of hydrogen-bond donors (Lipinski definition) is 1. The monoisotopic (exact) mass is 269 g/mol. The largest absolute Gasteiger partial charge is 0.391 e. The second-order valence-corrected chi connectivity index (χ2v) is 5.91. The molecule has 18 heavy (non-hydrogen) atoms. The molecule has 1 aliphatic heterocycles. The maximum atomic E-state index is 9.29. The van der Waals surface area contributed by atoms with Gasteiger partial charge < -0.3 is 14.9 Å². The van der Waals surface area contributed by atoms with Crippen molar-refractivity contribution in [1.82, 2.24) is 9.88 Å². The van der Waals surface area contributed by atoms with Crippen molar-refractivity contribution in [1.29, 1.82) is 0 Å². The third-order valence-electron chi connectivity index (χ3n) is 3.52. The summed E-state index contributed by atoms with van der Waals surface area (Å²) >= 11 is 1.62. The summed E-state index contributed by atoms with van der Waals surface area (Å²) in [5.74, 6) is 0. The highest BCUT2D eigenvalue weighted by molar-refractivity contribution is 7.15. The Morgan fingerprint density at radius 3 is 2.67 bits per heavy atom. The lowest BCUT2D eigenvalue weighted by atomic mass is 10.3. The van der Waals surface area contributed by atoms with Gasteiger partial charge in [0.05, 0.1) is 17.2 Å². The first-order valence-electron chi connectivity index (χ1n) is 6.77. The summed E-state index contributed by atoms with van der Waals surface area (Å²) in [6.07, 6.45) is 3.58. The van der Waals surface area contributed by atoms with Crippen LogP contribution in [0.25, 0.3) is 0 Å². The van der Waals surface area contributed by atoms with Crippen LogP contribution in [0.5, 0.6) is 0 Å². The highest BCUT2D eigenvalue weighted by Crippen LogP contribution is 2.26. The lowest BCUT2D eigenvalue weighted by Crippen LogP contribution is -2.31. The van der Waals surface area contributed by atoms with Gasteiger partial charge in [0.2, 0.25) is 0 Å². The molecule has 0 amide bonds. The number of aliphatic hydroxyl groups excluding tert-OH is 1. The normalized spacial score (nSPS) is 16.4. The van der Waals surface area contributed by atoms with Gasteiger partial charge in [-0.3, -0.25) is 0 Å². The van der Waals surface area contributed by atoms with E-state index in [0.717, 1.165) is 35.2 Å². The van der Waals surface area contributed by atoms with Gasteiger partial charge in [-0.2, -0.15) is 0 Å².